The number of oxime groups is 1. The van der Waals surface area contributed by atoms with Gasteiger partial charge in [0, 0.05) is 5.56 Å². The molecule has 0 atom stereocenters. The molecule has 3 heteroatoms. The van der Waals surface area contributed by atoms with E-state index < -0.39 is 0 Å². The number of benzene rings is 1. The van der Waals surface area contributed by atoms with Crippen molar-refractivity contribution in [3.05, 3.63) is 29.3 Å². The summed E-state index contributed by atoms with van der Waals surface area (Å²) in [6, 6.07) is 6.16. The number of hydrogen-bond acceptors (Lipinski definition) is 3. The van der Waals surface area contributed by atoms with Gasteiger partial charge in [-0.05, 0) is 43.4 Å². The first-order chi connectivity index (χ1) is 9.85. The Hall–Kier alpha value is -1.51. The Labute approximate surface area is 121 Å². The molecule has 0 aromatic heterocycles. The van der Waals surface area contributed by atoms with Gasteiger partial charge < -0.3 is 9.94 Å². The number of fused-ring (bicyclic) bond motifs is 1. The average Bonchev–Trinajstić information content (AvgIpc) is 2.50. The van der Waals surface area contributed by atoms with Crippen molar-refractivity contribution in [2.45, 2.75) is 58.3 Å². The molecule has 0 unspecified atom stereocenters. The molecule has 0 radical (unpaired) electrons. The molecule has 1 aromatic carbocycles. The lowest BCUT2D eigenvalue weighted by molar-refractivity contribution is 0.304. The van der Waals surface area contributed by atoms with Gasteiger partial charge in [-0.3, -0.25) is 0 Å². The highest BCUT2D eigenvalue weighted by Gasteiger charge is 2.16. The summed E-state index contributed by atoms with van der Waals surface area (Å²) in [6.07, 6.45) is 9.20. The maximum Gasteiger partial charge on any atom is 0.119 e. The summed E-state index contributed by atoms with van der Waals surface area (Å²) in [7, 11) is 0. The molecular formula is C17H25NO2. The van der Waals surface area contributed by atoms with Crippen LogP contribution in [0.1, 0.15) is 63.0 Å². The lowest BCUT2D eigenvalue weighted by Crippen LogP contribution is -2.12. The minimum Gasteiger partial charge on any atom is -0.494 e. The van der Waals surface area contributed by atoms with Crippen molar-refractivity contribution < 1.29 is 9.94 Å². The second-order valence-electron chi connectivity index (χ2n) is 5.48. The molecule has 110 valence electrons. The Morgan fingerprint density at radius 1 is 1.15 bits per heavy atom. The molecule has 3 nitrogen and oxygen atoms in total. The van der Waals surface area contributed by atoms with Gasteiger partial charge in [-0.1, -0.05) is 43.8 Å². The van der Waals surface area contributed by atoms with E-state index in [1.165, 1.54) is 31.2 Å². The molecule has 2 rings (SSSR count). The second-order valence-corrected chi connectivity index (χ2v) is 5.48. The van der Waals surface area contributed by atoms with Crippen molar-refractivity contribution >= 4 is 5.71 Å². The van der Waals surface area contributed by atoms with Crippen molar-refractivity contribution in [1.82, 2.24) is 0 Å². The summed E-state index contributed by atoms with van der Waals surface area (Å²) in [5, 5.41) is 12.5. The molecule has 1 aliphatic carbocycles. The van der Waals surface area contributed by atoms with E-state index in [1.807, 2.05) is 12.1 Å². The summed E-state index contributed by atoms with van der Waals surface area (Å²) < 4.78 is 5.81. The van der Waals surface area contributed by atoms with Crippen LogP contribution in [-0.2, 0) is 6.42 Å². The molecule has 0 spiro atoms. The maximum atomic E-state index is 9.07. The molecule has 0 saturated heterocycles. The quantitative estimate of drug-likeness (QED) is 0.450. The Bertz CT molecular complexity index is 454. The zero-order valence-electron chi connectivity index (χ0n) is 12.4. The Kier molecular flexibility index (Phi) is 5.90. The van der Waals surface area contributed by atoms with Crippen molar-refractivity contribution in [3.63, 3.8) is 0 Å². The van der Waals surface area contributed by atoms with Crippen LogP contribution in [0, 0.1) is 0 Å². The van der Waals surface area contributed by atoms with Gasteiger partial charge in [-0.25, -0.2) is 0 Å². The molecule has 0 saturated carbocycles. The number of rotatable bonds is 7. The van der Waals surface area contributed by atoms with E-state index in [4.69, 9.17) is 9.94 Å². The van der Waals surface area contributed by atoms with Gasteiger partial charge in [0.1, 0.15) is 5.75 Å². The van der Waals surface area contributed by atoms with Crippen LogP contribution in [0.15, 0.2) is 23.4 Å². The van der Waals surface area contributed by atoms with E-state index in [2.05, 4.69) is 18.1 Å². The van der Waals surface area contributed by atoms with E-state index in [-0.39, 0.29) is 0 Å². The van der Waals surface area contributed by atoms with Crippen molar-refractivity contribution in [1.29, 1.82) is 0 Å². The monoisotopic (exact) mass is 275 g/mol. The van der Waals surface area contributed by atoms with E-state index >= 15 is 0 Å². The van der Waals surface area contributed by atoms with Gasteiger partial charge in [-0.2, -0.15) is 0 Å². The molecule has 1 aliphatic rings. The van der Waals surface area contributed by atoms with Crippen LogP contribution in [0.4, 0.5) is 0 Å². The third-order valence-corrected chi connectivity index (χ3v) is 3.89. The topological polar surface area (TPSA) is 41.8 Å². The molecule has 0 fully saturated rings. The Balaban J connectivity index is 1.87. The smallest absolute Gasteiger partial charge is 0.119 e. The SMILES string of the molecule is CCCCCCCOc1ccc2c(c1)/C(=N\O)CCC2. The van der Waals surface area contributed by atoms with Crippen LogP contribution in [0.5, 0.6) is 5.75 Å². The molecule has 20 heavy (non-hydrogen) atoms. The summed E-state index contributed by atoms with van der Waals surface area (Å²) in [5.74, 6) is 0.891. The number of ether oxygens (including phenoxy) is 1. The van der Waals surface area contributed by atoms with Crippen LogP contribution < -0.4 is 4.74 Å². The first kappa shape index (κ1) is 14.9. The minimum absolute atomic E-state index is 0.772. The zero-order chi connectivity index (χ0) is 14.2. The largest absolute Gasteiger partial charge is 0.494 e. The number of hydrogen-bond donors (Lipinski definition) is 1. The highest BCUT2D eigenvalue weighted by atomic mass is 16.5. The predicted octanol–water partition coefficient (Wildman–Crippen LogP) is 4.55. The van der Waals surface area contributed by atoms with Crippen molar-refractivity contribution in [2.75, 3.05) is 6.61 Å². The van der Waals surface area contributed by atoms with Crippen LogP contribution >= 0.6 is 0 Å². The van der Waals surface area contributed by atoms with Gasteiger partial charge in [0.25, 0.3) is 0 Å². The normalized spacial score (nSPS) is 16.1. The van der Waals surface area contributed by atoms with E-state index in [1.54, 1.807) is 0 Å². The van der Waals surface area contributed by atoms with Gasteiger partial charge in [-0.15, -0.1) is 0 Å². The highest BCUT2D eigenvalue weighted by molar-refractivity contribution is 6.02. The lowest BCUT2D eigenvalue weighted by Gasteiger charge is -2.18. The molecule has 0 aliphatic heterocycles. The van der Waals surface area contributed by atoms with Crippen LogP contribution in [0.3, 0.4) is 0 Å². The van der Waals surface area contributed by atoms with Gasteiger partial charge in [0.15, 0.2) is 0 Å². The van der Waals surface area contributed by atoms with E-state index in [9.17, 15) is 0 Å². The standard InChI is InChI=1S/C17H25NO2/c1-2-3-4-5-6-12-20-15-11-10-14-8-7-9-17(18-19)16(14)13-15/h10-11,13,19H,2-9,12H2,1H3/b18-17-. The fourth-order valence-electron chi connectivity index (χ4n) is 2.71. The first-order valence-electron chi connectivity index (χ1n) is 7.82. The molecular weight excluding hydrogens is 250 g/mol. The van der Waals surface area contributed by atoms with Crippen molar-refractivity contribution in [3.8, 4) is 5.75 Å². The fraction of sp³-hybridized carbons (Fsp3) is 0.588. The lowest BCUT2D eigenvalue weighted by atomic mass is 9.90. The summed E-state index contributed by atoms with van der Waals surface area (Å²) in [6.45, 7) is 3.00. The number of nitrogens with zero attached hydrogens (tertiary/aromatic N) is 1. The molecule has 0 bridgehead atoms. The number of aryl methyl sites for hydroxylation is 1. The predicted molar refractivity (Wildman–Crippen MR) is 82.0 cm³/mol. The third kappa shape index (κ3) is 3.99. The van der Waals surface area contributed by atoms with Gasteiger partial charge >= 0.3 is 0 Å². The highest BCUT2D eigenvalue weighted by Crippen LogP contribution is 2.26. The molecule has 0 heterocycles. The maximum absolute atomic E-state index is 9.07. The van der Waals surface area contributed by atoms with Gasteiger partial charge in [0.2, 0.25) is 0 Å². The van der Waals surface area contributed by atoms with E-state index in [0.29, 0.717) is 0 Å². The van der Waals surface area contributed by atoms with Crippen LogP contribution in [0.25, 0.3) is 0 Å². The second kappa shape index (κ2) is 7.93. The van der Waals surface area contributed by atoms with E-state index in [0.717, 1.165) is 49.3 Å². The van der Waals surface area contributed by atoms with Crippen LogP contribution in [0.2, 0.25) is 0 Å². The molecule has 0 amide bonds. The van der Waals surface area contributed by atoms with Crippen LogP contribution in [-0.4, -0.2) is 17.5 Å². The summed E-state index contributed by atoms with van der Waals surface area (Å²) >= 11 is 0. The first-order valence-corrected chi connectivity index (χ1v) is 7.82. The fourth-order valence-corrected chi connectivity index (χ4v) is 2.71. The molecule has 1 N–H and O–H groups in total. The minimum atomic E-state index is 0.772. The van der Waals surface area contributed by atoms with Gasteiger partial charge in [0.05, 0.1) is 12.3 Å². The zero-order valence-corrected chi connectivity index (χ0v) is 12.4. The summed E-state index contributed by atoms with van der Waals surface area (Å²) in [4.78, 5) is 0. The third-order valence-electron chi connectivity index (χ3n) is 3.89. The molecule has 1 aromatic rings. The Morgan fingerprint density at radius 3 is 2.80 bits per heavy atom. The number of unbranched alkanes of at least 4 members (excludes halogenated alkanes) is 4. The van der Waals surface area contributed by atoms with Crippen molar-refractivity contribution in [2.24, 2.45) is 5.16 Å². The Morgan fingerprint density at radius 2 is 2.00 bits per heavy atom. The average molecular weight is 275 g/mol. The summed E-state index contributed by atoms with van der Waals surface area (Å²) in [5.41, 5.74) is 3.11.